The first-order chi connectivity index (χ1) is 7.19. The lowest BCUT2D eigenvalue weighted by Crippen LogP contribution is -2.22. The summed E-state index contributed by atoms with van der Waals surface area (Å²) in [6.45, 7) is 0. The quantitative estimate of drug-likeness (QED) is 0.432. The second-order valence-electron chi connectivity index (χ2n) is 2.49. The maximum atomic E-state index is 13.0. The van der Waals surface area contributed by atoms with Crippen LogP contribution in [0.15, 0.2) is 29.4 Å². The van der Waals surface area contributed by atoms with Crippen LogP contribution in [0, 0.1) is 17.1 Å². The molecule has 0 aliphatic rings. The molecule has 0 radical (unpaired) electrons. The van der Waals surface area contributed by atoms with Gasteiger partial charge in [0.25, 0.3) is 5.91 Å². The Bertz CT molecular complexity index is 451. The third-order valence-corrected chi connectivity index (χ3v) is 1.54. The van der Waals surface area contributed by atoms with E-state index in [1.165, 1.54) is 24.3 Å². The largest absolute Gasteiger partial charge is 0.410 e. The van der Waals surface area contributed by atoms with Crippen LogP contribution in [-0.4, -0.2) is 16.8 Å². The Morgan fingerprint density at radius 2 is 2.20 bits per heavy atom. The molecular formula is C9H6FN3O2. The van der Waals surface area contributed by atoms with Crippen molar-refractivity contribution in [1.82, 2.24) is 0 Å². The molecule has 5 nitrogen and oxygen atoms in total. The first-order valence-electron chi connectivity index (χ1n) is 3.87. The molecule has 0 fully saturated rings. The van der Waals surface area contributed by atoms with E-state index >= 15 is 0 Å². The van der Waals surface area contributed by atoms with E-state index in [9.17, 15) is 9.18 Å². The van der Waals surface area contributed by atoms with Gasteiger partial charge in [0.15, 0.2) is 0 Å². The predicted octanol–water partition coefficient (Wildman–Crippen LogP) is 1.12. The Labute approximate surface area is 84.4 Å². The lowest BCUT2D eigenvalue weighted by atomic mass is 10.3. The van der Waals surface area contributed by atoms with Crippen LogP contribution < -0.4 is 5.32 Å². The van der Waals surface area contributed by atoms with Gasteiger partial charge in [-0.3, -0.25) is 4.79 Å². The van der Waals surface area contributed by atoms with Crippen molar-refractivity contribution in [2.24, 2.45) is 5.16 Å². The monoisotopic (exact) mass is 207 g/mol. The topological polar surface area (TPSA) is 85.5 Å². The van der Waals surface area contributed by atoms with E-state index in [2.05, 4.69) is 10.5 Å². The van der Waals surface area contributed by atoms with Gasteiger partial charge in [-0.05, 0) is 12.1 Å². The molecule has 1 aromatic carbocycles. The van der Waals surface area contributed by atoms with Crippen LogP contribution in [-0.2, 0) is 4.79 Å². The summed E-state index contributed by atoms with van der Waals surface area (Å²) in [5.41, 5.74) is -0.822. The highest BCUT2D eigenvalue weighted by atomic mass is 19.1. The molecule has 0 bridgehead atoms. The Morgan fingerprint density at radius 1 is 1.53 bits per heavy atom. The number of rotatable bonds is 2. The van der Waals surface area contributed by atoms with E-state index in [1.54, 1.807) is 0 Å². The fraction of sp³-hybridized carbons (Fsp3) is 0. The van der Waals surface area contributed by atoms with E-state index < -0.39 is 17.4 Å². The molecular weight excluding hydrogens is 201 g/mol. The summed E-state index contributed by atoms with van der Waals surface area (Å²) in [7, 11) is 0. The number of oxime groups is 1. The van der Waals surface area contributed by atoms with Crippen LogP contribution in [0.2, 0.25) is 0 Å². The number of para-hydroxylation sites is 1. The molecule has 2 N–H and O–H groups in total. The highest BCUT2D eigenvalue weighted by Gasteiger charge is 2.13. The predicted molar refractivity (Wildman–Crippen MR) is 49.9 cm³/mol. The standard InChI is InChI=1S/C9H6FN3O2/c10-6-3-1-2-4-7(6)12-9(14)8(5-11)13-15/h1-4,15H,(H,12,14)/b13-8+. The smallest absolute Gasteiger partial charge is 0.288 e. The van der Waals surface area contributed by atoms with Crippen molar-refractivity contribution < 1.29 is 14.4 Å². The molecule has 0 saturated carbocycles. The average Bonchev–Trinajstić information content (AvgIpc) is 2.23. The third kappa shape index (κ3) is 2.51. The minimum Gasteiger partial charge on any atom is -0.410 e. The van der Waals surface area contributed by atoms with Gasteiger partial charge in [-0.2, -0.15) is 5.26 Å². The fourth-order valence-corrected chi connectivity index (χ4v) is 0.863. The maximum absolute atomic E-state index is 13.0. The molecule has 0 spiro atoms. The number of halogens is 1. The number of amides is 1. The van der Waals surface area contributed by atoms with E-state index in [-0.39, 0.29) is 5.69 Å². The van der Waals surface area contributed by atoms with Crippen molar-refractivity contribution in [1.29, 1.82) is 5.26 Å². The van der Waals surface area contributed by atoms with Gasteiger partial charge in [-0.25, -0.2) is 4.39 Å². The molecule has 0 unspecified atom stereocenters. The Hall–Kier alpha value is -2.42. The zero-order chi connectivity index (χ0) is 11.3. The molecule has 76 valence electrons. The van der Waals surface area contributed by atoms with Crippen LogP contribution in [0.3, 0.4) is 0 Å². The molecule has 0 atom stereocenters. The van der Waals surface area contributed by atoms with Gasteiger partial charge in [0, 0.05) is 0 Å². The summed E-state index contributed by atoms with van der Waals surface area (Å²) in [5, 5.41) is 21.1. The molecule has 0 aliphatic heterocycles. The molecule has 0 heterocycles. The van der Waals surface area contributed by atoms with Crippen LogP contribution in [0.5, 0.6) is 0 Å². The SMILES string of the molecule is N#C/C(=N\O)C(=O)Nc1ccccc1F. The summed E-state index contributed by atoms with van der Waals surface area (Å²) >= 11 is 0. The Kier molecular flexibility index (Phi) is 3.35. The van der Waals surface area contributed by atoms with Gasteiger partial charge < -0.3 is 10.5 Å². The number of anilines is 1. The zero-order valence-electron chi connectivity index (χ0n) is 7.44. The van der Waals surface area contributed by atoms with E-state index in [1.807, 2.05) is 0 Å². The van der Waals surface area contributed by atoms with Gasteiger partial charge >= 0.3 is 0 Å². The molecule has 1 amide bonds. The second kappa shape index (κ2) is 4.72. The minimum absolute atomic E-state index is 0.0844. The fourth-order valence-electron chi connectivity index (χ4n) is 0.863. The molecule has 1 aromatic rings. The molecule has 1 rings (SSSR count). The van der Waals surface area contributed by atoms with Gasteiger partial charge in [0.2, 0.25) is 5.71 Å². The molecule has 0 aliphatic carbocycles. The molecule has 0 saturated heterocycles. The van der Waals surface area contributed by atoms with Gasteiger partial charge in [0.1, 0.15) is 11.9 Å². The number of nitriles is 1. The van der Waals surface area contributed by atoms with Crippen LogP contribution in [0.25, 0.3) is 0 Å². The summed E-state index contributed by atoms with van der Waals surface area (Å²) in [5.74, 6) is -1.61. The van der Waals surface area contributed by atoms with Gasteiger partial charge in [-0.15, -0.1) is 0 Å². The molecule has 6 heteroatoms. The van der Waals surface area contributed by atoms with Crippen LogP contribution in [0.1, 0.15) is 0 Å². The number of carbonyl (C=O) groups excluding carboxylic acids is 1. The van der Waals surface area contributed by atoms with Crippen molar-refractivity contribution in [3.63, 3.8) is 0 Å². The highest BCUT2D eigenvalue weighted by Crippen LogP contribution is 2.11. The Balaban J connectivity index is 2.85. The first-order valence-corrected chi connectivity index (χ1v) is 3.87. The first kappa shape index (κ1) is 10.7. The lowest BCUT2D eigenvalue weighted by molar-refractivity contribution is -0.110. The van der Waals surface area contributed by atoms with E-state index in [0.29, 0.717) is 0 Å². The third-order valence-electron chi connectivity index (χ3n) is 1.54. The van der Waals surface area contributed by atoms with E-state index in [4.69, 9.17) is 10.5 Å². The van der Waals surface area contributed by atoms with Crippen molar-refractivity contribution >= 4 is 17.3 Å². The number of nitrogens with zero attached hydrogens (tertiary/aromatic N) is 2. The lowest BCUT2D eigenvalue weighted by Gasteiger charge is -2.02. The summed E-state index contributed by atoms with van der Waals surface area (Å²) in [4.78, 5) is 11.1. The van der Waals surface area contributed by atoms with Gasteiger partial charge in [0.05, 0.1) is 5.69 Å². The van der Waals surface area contributed by atoms with Gasteiger partial charge in [-0.1, -0.05) is 17.3 Å². The molecule has 15 heavy (non-hydrogen) atoms. The van der Waals surface area contributed by atoms with Crippen molar-refractivity contribution in [2.45, 2.75) is 0 Å². The number of nitrogens with one attached hydrogen (secondary N) is 1. The minimum atomic E-state index is -0.967. The zero-order valence-corrected chi connectivity index (χ0v) is 7.44. The second-order valence-corrected chi connectivity index (χ2v) is 2.49. The number of hydrogen-bond acceptors (Lipinski definition) is 4. The van der Waals surface area contributed by atoms with Crippen molar-refractivity contribution in [2.75, 3.05) is 5.32 Å². The van der Waals surface area contributed by atoms with E-state index in [0.717, 1.165) is 6.07 Å². The summed E-state index contributed by atoms with van der Waals surface area (Å²) < 4.78 is 13.0. The molecule has 0 aromatic heterocycles. The summed E-state index contributed by atoms with van der Waals surface area (Å²) in [6.07, 6.45) is 0. The van der Waals surface area contributed by atoms with Crippen molar-refractivity contribution in [3.05, 3.63) is 30.1 Å². The number of carbonyl (C=O) groups is 1. The Morgan fingerprint density at radius 3 is 2.73 bits per heavy atom. The average molecular weight is 207 g/mol. The summed E-state index contributed by atoms with van der Waals surface area (Å²) in [6, 6.07) is 6.80. The number of hydrogen-bond donors (Lipinski definition) is 2. The van der Waals surface area contributed by atoms with Crippen LogP contribution >= 0.6 is 0 Å². The normalized spacial score (nSPS) is 10.5. The number of benzene rings is 1. The van der Waals surface area contributed by atoms with Crippen LogP contribution in [0.4, 0.5) is 10.1 Å². The highest BCUT2D eigenvalue weighted by molar-refractivity contribution is 6.48. The van der Waals surface area contributed by atoms with Crippen molar-refractivity contribution in [3.8, 4) is 6.07 Å². The maximum Gasteiger partial charge on any atom is 0.288 e.